The molecule has 1 heterocycles. The van der Waals surface area contributed by atoms with Crippen LogP contribution in [0.5, 0.6) is 5.75 Å². The van der Waals surface area contributed by atoms with E-state index in [1.54, 1.807) is 0 Å². The summed E-state index contributed by atoms with van der Waals surface area (Å²) in [5, 5.41) is 4.14. The van der Waals surface area contributed by atoms with Crippen molar-refractivity contribution in [1.82, 2.24) is 0 Å². The van der Waals surface area contributed by atoms with Crippen LogP contribution in [0.1, 0.15) is 17.2 Å². The highest BCUT2D eigenvalue weighted by molar-refractivity contribution is 9.10. The molecule has 2 aromatic rings. The molecular weight excluding hydrogens is 352 g/mol. The van der Waals surface area contributed by atoms with Gasteiger partial charge in [-0.3, -0.25) is 0 Å². The van der Waals surface area contributed by atoms with Crippen LogP contribution in [0, 0.1) is 0 Å². The second-order valence-electron chi connectivity index (χ2n) is 5.03. The zero-order chi connectivity index (χ0) is 14.8. The molecule has 5 heteroatoms. The maximum Gasteiger partial charge on any atom is 0.122 e. The molecule has 0 amide bonds. The normalized spacial score (nSPS) is 14.4. The fourth-order valence-electron chi connectivity index (χ4n) is 2.49. The van der Waals surface area contributed by atoms with Gasteiger partial charge in [0.25, 0.3) is 0 Å². The quantitative estimate of drug-likeness (QED) is 0.853. The molecule has 2 aromatic carbocycles. The topological polar surface area (TPSA) is 47.3 Å². The van der Waals surface area contributed by atoms with E-state index in [1.807, 2.05) is 24.3 Å². The van der Waals surface area contributed by atoms with Gasteiger partial charge in [0.05, 0.1) is 17.7 Å². The van der Waals surface area contributed by atoms with E-state index in [1.165, 1.54) is 11.1 Å². The first-order chi connectivity index (χ1) is 10.2. The van der Waals surface area contributed by atoms with Crippen molar-refractivity contribution in [3.63, 3.8) is 0 Å². The van der Waals surface area contributed by atoms with E-state index in [9.17, 15) is 0 Å². The Morgan fingerprint density at radius 1 is 1.29 bits per heavy atom. The van der Waals surface area contributed by atoms with Gasteiger partial charge in [-0.2, -0.15) is 0 Å². The summed E-state index contributed by atoms with van der Waals surface area (Å²) in [7, 11) is 0. The lowest BCUT2D eigenvalue weighted by Crippen LogP contribution is -2.20. The molecule has 0 bridgehead atoms. The molecule has 1 atom stereocenters. The molecule has 0 aliphatic carbocycles. The minimum absolute atomic E-state index is 0.0592. The number of halogens is 2. The molecular formula is C16H16BrClN2O. The molecule has 110 valence electrons. The van der Waals surface area contributed by atoms with Crippen LogP contribution in [0.15, 0.2) is 40.9 Å². The summed E-state index contributed by atoms with van der Waals surface area (Å²) in [6.45, 7) is 1.28. The van der Waals surface area contributed by atoms with Crippen LogP contribution in [0.3, 0.4) is 0 Å². The Kier molecular flexibility index (Phi) is 4.38. The van der Waals surface area contributed by atoms with Gasteiger partial charge < -0.3 is 15.8 Å². The first-order valence-corrected chi connectivity index (χ1v) is 8.02. The van der Waals surface area contributed by atoms with Crippen molar-refractivity contribution >= 4 is 33.2 Å². The van der Waals surface area contributed by atoms with E-state index in [-0.39, 0.29) is 6.04 Å². The van der Waals surface area contributed by atoms with E-state index in [0.717, 1.165) is 28.9 Å². The average Bonchev–Trinajstić information content (AvgIpc) is 2.95. The van der Waals surface area contributed by atoms with Gasteiger partial charge in [0, 0.05) is 23.1 Å². The Balaban J connectivity index is 1.83. The minimum atomic E-state index is 0.0592. The first-order valence-electron chi connectivity index (χ1n) is 6.84. The lowest BCUT2D eigenvalue weighted by Gasteiger charge is -2.19. The lowest BCUT2D eigenvalue weighted by atomic mass is 10.0. The molecule has 1 unspecified atom stereocenters. The predicted octanol–water partition coefficient (Wildman–Crippen LogP) is 4.15. The van der Waals surface area contributed by atoms with Crippen LogP contribution in [-0.2, 0) is 6.42 Å². The molecule has 1 aliphatic heterocycles. The van der Waals surface area contributed by atoms with Crippen molar-refractivity contribution in [2.75, 3.05) is 18.5 Å². The van der Waals surface area contributed by atoms with Gasteiger partial charge in [-0.05, 0) is 57.4 Å². The Bertz CT molecular complexity index is 663. The van der Waals surface area contributed by atoms with Crippen LogP contribution in [0.4, 0.5) is 5.69 Å². The zero-order valence-electron chi connectivity index (χ0n) is 11.4. The first kappa shape index (κ1) is 14.7. The van der Waals surface area contributed by atoms with Gasteiger partial charge in [0.15, 0.2) is 0 Å². The summed E-state index contributed by atoms with van der Waals surface area (Å²) in [5.74, 6) is 0.990. The van der Waals surface area contributed by atoms with Crippen molar-refractivity contribution in [2.24, 2.45) is 5.73 Å². The maximum absolute atomic E-state index is 6.02. The molecule has 3 nitrogen and oxygen atoms in total. The number of fused-ring (bicyclic) bond motifs is 1. The van der Waals surface area contributed by atoms with E-state index in [0.29, 0.717) is 11.6 Å². The number of hydrogen-bond acceptors (Lipinski definition) is 3. The molecule has 21 heavy (non-hydrogen) atoms. The van der Waals surface area contributed by atoms with Crippen LogP contribution in [0.2, 0.25) is 5.02 Å². The van der Waals surface area contributed by atoms with Crippen molar-refractivity contribution in [3.8, 4) is 5.75 Å². The van der Waals surface area contributed by atoms with Gasteiger partial charge >= 0.3 is 0 Å². The number of ether oxygens (including phenoxy) is 1. The number of nitrogens with two attached hydrogens (primary N) is 1. The number of rotatable bonds is 4. The smallest absolute Gasteiger partial charge is 0.122 e. The second-order valence-corrected chi connectivity index (χ2v) is 6.29. The van der Waals surface area contributed by atoms with Crippen LogP contribution >= 0.6 is 27.5 Å². The van der Waals surface area contributed by atoms with Gasteiger partial charge in [0.1, 0.15) is 5.75 Å². The molecule has 0 aromatic heterocycles. The standard InChI is InChI=1S/C16H16BrClN2O/c17-13-8-12(2-3-14(13)18)20-15(9-19)10-1-4-16-11(7-10)5-6-21-16/h1-4,7-8,15,20H,5-6,9,19H2. The number of hydrogen-bond donors (Lipinski definition) is 2. The SMILES string of the molecule is NCC(Nc1ccc(Cl)c(Br)c1)c1ccc2c(c1)CCO2. The summed E-state index contributed by atoms with van der Waals surface area (Å²) in [6, 6.07) is 12.1. The highest BCUT2D eigenvalue weighted by Gasteiger charge is 2.16. The Morgan fingerprint density at radius 3 is 2.90 bits per heavy atom. The largest absolute Gasteiger partial charge is 0.493 e. The van der Waals surface area contributed by atoms with E-state index >= 15 is 0 Å². The summed E-state index contributed by atoms with van der Waals surface area (Å²) < 4.78 is 6.41. The summed E-state index contributed by atoms with van der Waals surface area (Å²) in [4.78, 5) is 0. The van der Waals surface area contributed by atoms with Gasteiger partial charge in [-0.15, -0.1) is 0 Å². The monoisotopic (exact) mass is 366 g/mol. The Morgan fingerprint density at radius 2 is 2.14 bits per heavy atom. The van der Waals surface area contributed by atoms with Crippen molar-refractivity contribution in [2.45, 2.75) is 12.5 Å². The Labute approximate surface area is 137 Å². The third kappa shape index (κ3) is 3.18. The van der Waals surface area contributed by atoms with E-state index in [4.69, 9.17) is 22.1 Å². The Hall–Kier alpha value is -1.23. The fraction of sp³-hybridized carbons (Fsp3) is 0.250. The lowest BCUT2D eigenvalue weighted by molar-refractivity contribution is 0.357. The summed E-state index contributed by atoms with van der Waals surface area (Å²) >= 11 is 9.45. The highest BCUT2D eigenvalue weighted by atomic mass is 79.9. The van der Waals surface area contributed by atoms with Crippen LogP contribution in [-0.4, -0.2) is 13.2 Å². The number of nitrogens with one attached hydrogen (secondary N) is 1. The molecule has 0 fully saturated rings. The molecule has 3 rings (SSSR count). The van der Waals surface area contributed by atoms with Crippen LogP contribution < -0.4 is 15.8 Å². The maximum atomic E-state index is 6.02. The minimum Gasteiger partial charge on any atom is -0.493 e. The zero-order valence-corrected chi connectivity index (χ0v) is 13.7. The van der Waals surface area contributed by atoms with E-state index < -0.39 is 0 Å². The predicted molar refractivity (Wildman–Crippen MR) is 90.2 cm³/mol. The van der Waals surface area contributed by atoms with Crippen molar-refractivity contribution in [3.05, 3.63) is 57.0 Å². The van der Waals surface area contributed by atoms with Gasteiger partial charge in [-0.1, -0.05) is 17.7 Å². The molecule has 0 radical (unpaired) electrons. The fourth-order valence-corrected chi connectivity index (χ4v) is 2.99. The second kappa shape index (κ2) is 6.26. The third-order valence-corrected chi connectivity index (χ3v) is 4.83. The molecule has 0 saturated carbocycles. The van der Waals surface area contributed by atoms with Gasteiger partial charge in [-0.25, -0.2) is 0 Å². The third-order valence-electron chi connectivity index (χ3n) is 3.61. The molecule has 0 spiro atoms. The summed E-state index contributed by atoms with van der Waals surface area (Å²) in [6.07, 6.45) is 0.965. The number of anilines is 1. The van der Waals surface area contributed by atoms with Crippen LogP contribution in [0.25, 0.3) is 0 Å². The molecule has 3 N–H and O–H groups in total. The highest BCUT2D eigenvalue weighted by Crippen LogP contribution is 2.31. The van der Waals surface area contributed by atoms with Crippen molar-refractivity contribution in [1.29, 1.82) is 0 Å². The van der Waals surface area contributed by atoms with E-state index in [2.05, 4.69) is 33.4 Å². The summed E-state index contributed by atoms with van der Waals surface area (Å²) in [5.41, 5.74) is 9.35. The average molecular weight is 368 g/mol. The molecule has 0 saturated heterocycles. The van der Waals surface area contributed by atoms with Gasteiger partial charge in [0.2, 0.25) is 0 Å². The molecule has 1 aliphatic rings. The number of benzene rings is 2. The van der Waals surface area contributed by atoms with Crippen molar-refractivity contribution < 1.29 is 4.74 Å².